The number of hydrogen-bond donors (Lipinski definition) is 1. The largest absolute Gasteiger partial charge is 0.353 e. The fraction of sp³-hybridized carbons (Fsp3) is 0.727. The molecule has 2 aliphatic heterocycles. The average molecular weight is 331 g/mol. The summed E-state index contributed by atoms with van der Waals surface area (Å²) < 4.78 is 0.834. The summed E-state index contributed by atoms with van der Waals surface area (Å²) >= 11 is 4.95. The number of halogens is 1. The summed E-state index contributed by atoms with van der Waals surface area (Å²) in [6.07, 6.45) is 4.43. The van der Waals surface area contributed by atoms with Crippen LogP contribution in [0.15, 0.2) is 3.92 Å². The molecule has 0 aliphatic carbocycles. The highest BCUT2D eigenvalue weighted by molar-refractivity contribution is 9.11. The van der Waals surface area contributed by atoms with Gasteiger partial charge in [0.25, 0.3) is 0 Å². The van der Waals surface area contributed by atoms with Gasteiger partial charge in [0.1, 0.15) is 0 Å². The highest BCUT2D eigenvalue weighted by Gasteiger charge is 2.42. The van der Waals surface area contributed by atoms with Crippen LogP contribution in [0.25, 0.3) is 0 Å². The topological polar surface area (TPSA) is 58.1 Å². The number of carbonyl (C=O) groups excluding carboxylic acids is 1. The Hall–Kier alpha value is -0.690. The van der Waals surface area contributed by atoms with E-state index in [1.54, 1.807) is 18.3 Å². The molecule has 0 spiro atoms. The zero-order chi connectivity index (χ0) is 12.7. The predicted octanol–water partition coefficient (Wildman–Crippen LogP) is 1.94. The number of aromatic nitrogens is 2. The van der Waals surface area contributed by atoms with E-state index >= 15 is 0 Å². The molecule has 3 atom stereocenters. The maximum Gasteiger partial charge on any atom is 0.217 e. The number of hydrogen-bond acceptors (Lipinski definition) is 5. The fourth-order valence-corrected chi connectivity index (χ4v) is 4.43. The molecule has 1 N–H and O–H groups in total. The SMILES string of the molecule is CC(=O)N[C@H]1C[C@H]2CC[C@@H](C1)N2c1nnc(Br)s1. The van der Waals surface area contributed by atoms with E-state index in [-0.39, 0.29) is 5.91 Å². The summed E-state index contributed by atoms with van der Waals surface area (Å²) in [6.45, 7) is 1.59. The maximum atomic E-state index is 11.1. The lowest BCUT2D eigenvalue weighted by molar-refractivity contribution is -0.119. The van der Waals surface area contributed by atoms with Gasteiger partial charge in [-0.2, -0.15) is 0 Å². The van der Waals surface area contributed by atoms with E-state index in [1.165, 1.54) is 12.8 Å². The van der Waals surface area contributed by atoms with Crippen LogP contribution in [0, 0.1) is 0 Å². The van der Waals surface area contributed by atoms with Gasteiger partial charge in [-0.3, -0.25) is 4.79 Å². The van der Waals surface area contributed by atoms with E-state index in [4.69, 9.17) is 0 Å². The fourth-order valence-electron chi connectivity index (χ4n) is 3.20. The van der Waals surface area contributed by atoms with Gasteiger partial charge in [0.15, 0.2) is 3.92 Å². The average Bonchev–Trinajstić information content (AvgIpc) is 2.80. The summed E-state index contributed by atoms with van der Waals surface area (Å²) in [5.74, 6) is 0.0755. The summed E-state index contributed by atoms with van der Waals surface area (Å²) in [7, 11) is 0. The molecule has 7 heteroatoms. The summed E-state index contributed by atoms with van der Waals surface area (Å²) in [4.78, 5) is 13.6. The summed E-state index contributed by atoms with van der Waals surface area (Å²) in [5.41, 5.74) is 0. The van der Waals surface area contributed by atoms with Crippen LogP contribution < -0.4 is 10.2 Å². The van der Waals surface area contributed by atoms with Crippen LogP contribution in [0.1, 0.15) is 32.6 Å². The third-order valence-electron chi connectivity index (χ3n) is 3.75. The summed E-state index contributed by atoms with van der Waals surface area (Å²) in [5, 5.41) is 12.3. The molecule has 18 heavy (non-hydrogen) atoms. The van der Waals surface area contributed by atoms with Crippen molar-refractivity contribution in [3.63, 3.8) is 0 Å². The standard InChI is InChI=1S/C11H15BrN4OS/c1-6(17)13-7-4-8-2-3-9(5-7)16(8)11-15-14-10(12)18-11/h7-9H,2-5H2,1H3,(H,13,17)/t7-,8+,9-. The monoisotopic (exact) mass is 330 g/mol. The number of amides is 1. The third-order valence-corrected chi connectivity index (χ3v) is 5.12. The Morgan fingerprint density at radius 1 is 1.39 bits per heavy atom. The van der Waals surface area contributed by atoms with Gasteiger partial charge < -0.3 is 10.2 Å². The minimum absolute atomic E-state index is 0.0755. The minimum Gasteiger partial charge on any atom is -0.353 e. The van der Waals surface area contributed by atoms with Crippen LogP contribution in [0.5, 0.6) is 0 Å². The number of nitrogens with zero attached hydrogens (tertiary/aromatic N) is 3. The quantitative estimate of drug-likeness (QED) is 0.900. The van der Waals surface area contributed by atoms with Gasteiger partial charge in [-0.1, -0.05) is 11.3 Å². The number of carbonyl (C=O) groups is 1. The van der Waals surface area contributed by atoms with Crippen LogP contribution >= 0.6 is 27.3 Å². The Morgan fingerprint density at radius 2 is 2.06 bits per heavy atom. The van der Waals surface area contributed by atoms with Crippen molar-refractivity contribution >= 4 is 38.3 Å². The molecule has 2 fully saturated rings. The molecule has 0 radical (unpaired) electrons. The van der Waals surface area contributed by atoms with Crippen molar-refractivity contribution in [1.82, 2.24) is 15.5 Å². The highest BCUT2D eigenvalue weighted by atomic mass is 79.9. The van der Waals surface area contributed by atoms with Crippen LogP contribution in [0.3, 0.4) is 0 Å². The van der Waals surface area contributed by atoms with Crippen molar-refractivity contribution < 1.29 is 4.79 Å². The first-order chi connectivity index (χ1) is 8.63. The Labute approximate surface area is 118 Å². The molecular formula is C11H15BrN4OS. The Bertz CT molecular complexity index is 452. The predicted molar refractivity (Wildman–Crippen MR) is 73.7 cm³/mol. The van der Waals surface area contributed by atoms with Crippen LogP contribution in [0.2, 0.25) is 0 Å². The van der Waals surface area contributed by atoms with Gasteiger partial charge in [0.05, 0.1) is 0 Å². The van der Waals surface area contributed by atoms with Gasteiger partial charge in [0.2, 0.25) is 11.0 Å². The molecule has 2 saturated heterocycles. The van der Waals surface area contributed by atoms with Crippen LogP contribution in [-0.4, -0.2) is 34.2 Å². The van der Waals surface area contributed by atoms with Crippen molar-refractivity contribution in [1.29, 1.82) is 0 Å². The smallest absolute Gasteiger partial charge is 0.217 e. The van der Waals surface area contributed by atoms with Gasteiger partial charge in [-0.25, -0.2) is 0 Å². The molecule has 2 bridgehead atoms. The van der Waals surface area contributed by atoms with Gasteiger partial charge in [0, 0.05) is 25.0 Å². The second-order valence-electron chi connectivity index (χ2n) is 5.00. The minimum atomic E-state index is 0.0755. The van der Waals surface area contributed by atoms with Gasteiger partial charge in [-0.15, -0.1) is 10.2 Å². The van der Waals surface area contributed by atoms with Gasteiger partial charge in [-0.05, 0) is 41.6 Å². The summed E-state index contributed by atoms with van der Waals surface area (Å²) in [6, 6.07) is 1.33. The molecule has 3 heterocycles. The van der Waals surface area contributed by atoms with Crippen molar-refractivity contribution in [2.75, 3.05) is 4.90 Å². The Kier molecular flexibility index (Phi) is 3.27. The zero-order valence-corrected chi connectivity index (χ0v) is 12.5. The first-order valence-electron chi connectivity index (χ1n) is 6.18. The molecule has 0 saturated carbocycles. The van der Waals surface area contributed by atoms with Crippen LogP contribution in [-0.2, 0) is 4.79 Å². The number of nitrogens with one attached hydrogen (secondary N) is 1. The van der Waals surface area contributed by atoms with Gasteiger partial charge >= 0.3 is 0 Å². The molecule has 1 aromatic heterocycles. The molecule has 2 aliphatic rings. The third kappa shape index (κ3) is 2.25. The lowest BCUT2D eigenvalue weighted by atomic mass is 9.98. The van der Waals surface area contributed by atoms with E-state index in [1.807, 2.05) is 0 Å². The normalized spacial score (nSPS) is 30.6. The van der Waals surface area contributed by atoms with Crippen molar-refractivity contribution in [3.05, 3.63) is 3.92 Å². The number of fused-ring (bicyclic) bond motifs is 2. The zero-order valence-electron chi connectivity index (χ0n) is 10.1. The Balaban J connectivity index is 1.75. The number of piperidine rings is 1. The number of rotatable bonds is 2. The molecule has 98 valence electrons. The molecule has 0 unspecified atom stereocenters. The molecular weight excluding hydrogens is 316 g/mol. The van der Waals surface area contributed by atoms with Crippen molar-refractivity contribution in [2.45, 2.75) is 50.7 Å². The lowest BCUT2D eigenvalue weighted by Crippen LogP contribution is -2.50. The van der Waals surface area contributed by atoms with E-state index in [9.17, 15) is 4.79 Å². The maximum absolute atomic E-state index is 11.1. The Morgan fingerprint density at radius 3 is 2.56 bits per heavy atom. The molecule has 5 nitrogen and oxygen atoms in total. The van der Waals surface area contributed by atoms with E-state index in [0.29, 0.717) is 18.1 Å². The second kappa shape index (κ2) is 4.77. The molecule has 0 aromatic carbocycles. The molecule has 3 rings (SSSR count). The van der Waals surface area contributed by atoms with Crippen molar-refractivity contribution in [3.8, 4) is 0 Å². The first kappa shape index (κ1) is 12.3. The molecule has 1 amide bonds. The number of anilines is 1. The van der Waals surface area contributed by atoms with Crippen molar-refractivity contribution in [2.24, 2.45) is 0 Å². The van der Waals surface area contributed by atoms with Crippen LogP contribution in [0.4, 0.5) is 5.13 Å². The van der Waals surface area contributed by atoms with E-state index in [0.717, 1.165) is 21.9 Å². The molecule has 1 aromatic rings. The first-order valence-corrected chi connectivity index (χ1v) is 7.79. The highest BCUT2D eigenvalue weighted by Crippen LogP contribution is 2.40. The lowest BCUT2D eigenvalue weighted by Gasteiger charge is -2.38. The second-order valence-corrected chi connectivity index (χ2v) is 7.23. The van der Waals surface area contributed by atoms with E-state index < -0.39 is 0 Å². The van der Waals surface area contributed by atoms with E-state index in [2.05, 4.69) is 36.3 Å².